The lowest BCUT2D eigenvalue weighted by atomic mass is 10.0. The maximum absolute atomic E-state index is 6.11. The maximum Gasteiger partial charge on any atom is 0.0845 e. The average Bonchev–Trinajstić information content (AvgIpc) is 2.68. The molecule has 0 saturated heterocycles. The molecule has 0 saturated carbocycles. The average molecular weight is 316 g/mol. The molecule has 1 heterocycles. The van der Waals surface area contributed by atoms with E-state index in [0.717, 1.165) is 15.7 Å². The van der Waals surface area contributed by atoms with Crippen molar-refractivity contribution in [3.8, 4) is 0 Å². The Kier molecular flexibility index (Phi) is 3.81. The van der Waals surface area contributed by atoms with E-state index in [-0.39, 0.29) is 6.04 Å². The zero-order valence-electron chi connectivity index (χ0n) is 9.27. The topological polar surface area (TPSA) is 56.7 Å². The van der Waals surface area contributed by atoms with E-state index < -0.39 is 0 Å². The highest BCUT2D eigenvalue weighted by atomic mass is 79.9. The van der Waals surface area contributed by atoms with Crippen molar-refractivity contribution in [3.63, 3.8) is 0 Å². The molecule has 0 radical (unpaired) electrons. The molecule has 1 aromatic carbocycles. The van der Waals surface area contributed by atoms with Crippen LogP contribution in [0.2, 0.25) is 5.02 Å². The van der Waals surface area contributed by atoms with E-state index in [4.69, 9.17) is 17.3 Å². The van der Waals surface area contributed by atoms with Crippen LogP contribution in [0.15, 0.2) is 28.9 Å². The number of nitrogens with two attached hydrogens (primary N) is 1. The van der Waals surface area contributed by atoms with E-state index in [2.05, 4.69) is 26.2 Å². The van der Waals surface area contributed by atoms with Crippen molar-refractivity contribution >= 4 is 27.5 Å². The first-order valence-corrected chi connectivity index (χ1v) is 6.29. The van der Waals surface area contributed by atoms with Gasteiger partial charge in [-0.3, -0.25) is 4.68 Å². The molecule has 1 unspecified atom stereocenters. The Morgan fingerprint density at radius 1 is 1.53 bits per heavy atom. The third kappa shape index (κ3) is 3.06. The fourth-order valence-corrected chi connectivity index (χ4v) is 2.09. The molecular weight excluding hydrogens is 304 g/mol. The van der Waals surface area contributed by atoms with Gasteiger partial charge in [-0.25, -0.2) is 0 Å². The number of benzene rings is 1. The van der Waals surface area contributed by atoms with Gasteiger partial charge < -0.3 is 5.73 Å². The lowest BCUT2D eigenvalue weighted by Crippen LogP contribution is -2.13. The normalized spacial score (nSPS) is 12.7. The van der Waals surface area contributed by atoms with Crippen LogP contribution in [0, 0.1) is 0 Å². The fourth-order valence-electron chi connectivity index (χ4n) is 1.58. The van der Waals surface area contributed by atoms with Gasteiger partial charge in [0, 0.05) is 30.2 Å². The van der Waals surface area contributed by atoms with Crippen molar-refractivity contribution in [3.05, 3.63) is 45.1 Å². The summed E-state index contributed by atoms with van der Waals surface area (Å²) in [6.07, 6.45) is 2.52. The van der Waals surface area contributed by atoms with E-state index in [0.29, 0.717) is 11.4 Å². The SMILES string of the molecule is Cn1cc(CC(N)c2ccc(Cl)c(Br)c2)nn1. The van der Waals surface area contributed by atoms with Gasteiger partial charge in [-0.15, -0.1) is 5.10 Å². The Bertz CT molecular complexity index is 526. The van der Waals surface area contributed by atoms with Crippen molar-refractivity contribution in [1.82, 2.24) is 15.0 Å². The highest BCUT2D eigenvalue weighted by Gasteiger charge is 2.10. The third-order valence-electron chi connectivity index (χ3n) is 2.45. The molecule has 2 rings (SSSR count). The number of aromatic nitrogens is 3. The Morgan fingerprint density at radius 2 is 2.29 bits per heavy atom. The Labute approximate surface area is 113 Å². The van der Waals surface area contributed by atoms with Gasteiger partial charge in [0.15, 0.2) is 0 Å². The Morgan fingerprint density at radius 3 is 2.88 bits per heavy atom. The summed E-state index contributed by atoms with van der Waals surface area (Å²) in [5.41, 5.74) is 8.02. The summed E-state index contributed by atoms with van der Waals surface area (Å²) >= 11 is 9.32. The van der Waals surface area contributed by atoms with Crippen molar-refractivity contribution in [2.75, 3.05) is 0 Å². The largest absolute Gasteiger partial charge is 0.324 e. The molecule has 0 bridgehead atoms. The van der Waals surface area contributed by atoms with Crippen LogP contribution in [0.5, 0.6) is 0 Å². The number of hydrogen-bond donors (Lipinski definition) is 1. The molecule has 0 amide bonds. The standard InChI is InChI=1S/C11H12BrClN4/c1-17-6-8(15-16-17)5-11(14)7-2-3-10(13)9(12)4-7/h2-4,6,11H,5,14H2,1H3. The first-order valence-electron chi connectivity index (χ1n) is 5.12. The monoisotopic (exact) mass is 314 g/mol. The van der Waals surface area contributed by atoms with Gasteiger partial charge in [0.2, 0.25) is 0 Å². The van der Waals surface area contributed by atoms with Gasteiger partial charge in [0.25, 0.3) is 0 Å². The maximum atomic E-state index is 6.11. The number of halogens is 2. The fraction of sp³-hybridized carbons (Fsp3) is 0.273. The van der Waals surface area contributed by atoms with Crippen molar-refractivity contribution in [2.45, 2.75) is 12.5 Å². The van der Waals surface area contributed by atoms with Crippen LogP contribution < -0.4 is 5.73 Å². The molecule has 2 aromatic rings. The van der Waals surface area contributed by atoms with E-state index in [1.807, 2.05) is 31.4 Å². The van der Waals surface area contributed by atoms with Gasteiger partial charge in [0.05, 0.1) is 10.7 Å². The Balaban J connectivity index is 2.14. The van der Waals surface area contributed by atoms with Crippen LogP contribution >= 0.6 is 27.5 Å². The lowest BCUT2D eigenvalue weighted by Gasteiger charge is -2.11. The van der Waals surface area contributed by atoms with Crippen LogP contribution in [0.4, 0.5) is 0 Å². The minimum atomic E-state index is -0.111. The van der Waals surface area contributed by atoms with Crippen LogP contribution in [0.3, 0.4) is 0 Å². The molecular formula is C11H12BrClN4. The predicted molar refractivity (Wildman–Crippen MR) is 70.8 cm³/mol. The van der Waals surface area contributed by atoms with Gasteiger partial charge in [0.1, 0.15) is 0 Å². The summed E-state index contributed by atoms with van der Waals surface area (Å²) in [5.74, 6) is 0. The summed E-state index contributed by atoms with van der Waals surface area (Å²) in [7, 11) is 1.83. The number of nitrogens with zero attached hydrogens (tertiary/aromatic N) is 3. The number of rotatable bonds is 3. The Hall–Kier alpha value is -0.910. The molecule has 1 aromatic heterocycles. The van der Waals surface area contributed by atoms with Crippen LogP contribution in [-0.2, 0) is 13.5 Å². The summed E-state index contributed by atoms with van der Waals surface area (Å²) in [4.78, 5) is 0. The molecule has 0 aliphatic rings. The highest BCUT2D eigenvalue weighted by molar-refractivity contribution is 9.10. The van der Waals surface area contributed by atoms with E-state index in [9.17, 15) is 0 Å². The molecule has 0 aliphatic carbocycles. The molecule has 0 spiro atoms. The lowest BCUT2D eigenvalue weighted by molar-refractivity contribution is 0.693. The molecule has 2 N–H and O–H groups in total. The summed E-state index contributed by atoms with van der Waals surface area (Å²) < 4.78 is 2.52. The molecule has 0 fully saturated rings. The predicted octanol–water partition coefficient (Wildman–Crippen LogP) is 2.47. The first-order chi connectivity index (χ1) is 8.06. The summed E-state index contributed by atoms with van der Waals surface area (Å²) in [5, 5.41) is 8.57. The van der Waals surface area contributed by atoms with Gasteiger partial charge in [-0.1, -0.05) is 22.9 Å². The second kappa shape index (κ2) is 5.16. The zero-order chi connectivity index (χ0) is 12.4. The molecule has 0 aliphatic heterocycles. The summed E-state index contributed by atoms with van der Waals surface area (Å²) in [6.45, 7) is 0. The van der Waals surface area contributed by atoms with Crippen molar-refractivity contribution in [1.29, 1.82) is 0 Å². The van der Waals surface area contributed by atoms with E-state index >= 15 is 0 Å². The van der Waals surface area contributed by atoms with Gasteiger partial charge in [-0.2, -0.15) is 0 Å². The second-order valence-electron chi connectivity index (χ2n) is 3.87. The smallest absolute Gasteiger partial charge is 0.0845 e. The second-order valence-corrected chi connectivity index (χ2v) is 5.13. The van der Waals surface area contributed by atoms with E-state index in [1.165, 1.54) is 0 Å². The first kappa shape index (κ1) is 12.5. The number of hydrogen-bond acceptors (Lipinski definition) is 3. The van der Waals surface area contributed by atoms with Gasteiger partial charge >= 0.3 is 0 Å². The van der Waals surface area contributed by atoms with Crippen LogP contribution in [-0.4, -0.2) is 15.0 Å². The third-order valence-corrected chi connectivity index (χ3v) is 3.66. The minimum Gasteiger partial charge on any atom is -0.324 e. The molecule has 4 nitrogen and oxygen atoms in total. The van der Waals surface area contributed by atoms with Crippen molar-refractivity contribution < 1.29 is 0 Å². The number of aryl methyl sites for hydroxylation is 1. The van der Waals surface area contributed by atoms with Crippen LogP contribution in [0.1, 0.15) is 17.3 Å². The molecule has 6 heteroatoms. The van der Waals surface area contributed by atoms with Crippen molar-refractivity contribution in [2.24, 2.45) is 12.8 Å². The minimum absolute atomic E-state index is 0.111. The van der Waals surface area contributed by atoms with Gasteiger partial charge in [-0.05, 0) is 33.6 Å². The molecule has 17 heavy (non-hydrogen) atoms. The zero-order valence-corrected chi connectivity index (χ0v) is 11.6. The van der Waals surface area contributed by atoms with E-state index in [1.54, 1.807) is 4.68 Å². The molecule has 90 valence electrons. The van der Waals surface area contributed by atoms with Crippen LogP contribution in [0.25, 0.3) is 0 Å². The summed E-state index contributed by atoms with van der Waals surface area (Å²) in [6, 6.07) is 5.58. The highest BCUT2D eigenvalue weighted by Crippen LogP contribution is 2.26. The molecule has 1 atom stereocenters. The quantitative estimate of drug-likeness (QED) is 0.946.